The lowest BCUT2D eigenvalue weighted by molar-refractivity contribution is 1.06. The highest BCUT2D eigenvalue weighted by Crippen LogP contribution is 2.36. The van der Waals surface area contributed by atoms with Gasteiger partial charge in [0.05, 0.1) is 0 Å². The average molecular weight is 265 g/mol. The van der Waals surface area contributed by atoms with Crippen LogP contribution in [0.5, 0.6) is 0 Å². The standard InChI is InChI=1S/C17H13NS/c1-2-10-16-12(6-1)13-7-5-8-14(17(13)19-16)15-9-3-4-11-18-15/h1-2,4-8,10-11H,3,9H2/i3D,9D. The Morgan fingerprint density at radius 1 is 1.05 bits per heavy atom. The van der Waals surface area contributed by atoms with Crippen LogP contribution in [0.2, 0.25) is 0 Å². The summed E-state index contributed by atoms with van der Waals surface area (Å²) >= 11 is 1.74. The fraction of sp³-hybridized carbons (Fsp3) is 0.118. The lowest BCUT2D eigenvalue weighted by Crippen LogP contribution is -2.02. The van der Waals surface area contributed by atoms with Crippen molar-refractivity contribution in [3.63, 3.8) is 0 Å². The first kappa shape index (κ1) is 9.05. The number of aliphatic imine (C=N–C) groups is 1. The molecule has 0 aliphatic carbocycles. The normalized spacial score (nSPS) is 24.3. The predicted octanol–water partition coefficient (Wildman–Crippen LogP) is 5.15. The highest BCUT2D eigenvalue weighted by atomic mass is 32.1. The molecule has 0 radical (unpaired) electrons. The maximum atomic E-state index is 8.22. The van der Waals surface area contributed by atoms with Crippen LogP contribution < -0.4 is 0 Å². The summed E-state index contributed by atoms with van der Waals surface area (Å²) < 4.78 is 18.5. The summed E-state index contributed by atoms with van der Waals surface area (Å²) in [5.74, 6) is 0. The molecule has 0 amide bonds. The molecule has 1 aromatic heterocycles. The van der Waals surface area contributed by atoms with E-state index in [2.05, 4.69) is 29.3 Å². The molecular formula is C17H13NS. The predicted molar refractivity (Wildman–Crippen MR) is 84.2 cm³/mol. The minimum Gasteiger partial charge on any atom is -0.261 e. The Hall–Kier alpha value is -1.93. The van der Waals surface area contributed by atoms with Crippen molar-refractivity contribution in [2.45, 2.75) is 12.8 Å². The van der Waals surface area contributed by atoms with Crippen molar-refractivity contribution < 1.29 is 2.74 Å². The van der Waals surface area contributed by atoms with Crippen LogP contribution in [-0.4, -0.2) is 5.71 Å². The molecule has 2 unspecified atom stereocenters. The Morgan fingerprint density at radius 2 is 1.95 bits per heavy atom. The van der Waals surface area contributed by atoms with Gasteiger partial charge < -0.3 is 0 Å². The lowest BCUT2D eigenvalue weighted by Gasteiger charge is -2.08. The maximum Gasteiger partial charge on any atom is 0.0493 e. The summed E-state index contributed by atoms with van der Waals surface area (Å²) in [5, 5.41) is 2.45. The molecule has 0 saturated carbocycles. The molecular weight excluding hydrogens is 250 g/mol. The van der Waals surface area contributed by atoms with Crippen LogP contribution in [0.15, 0.2) is 59.7 Å². The van der Waals surface area contributed by atoms with E-state index >= 15 is 0 Å². The number of hydrogen-bond donors (Lipinski definition) is 0. The fourth-order valence-electron chi connectivity index (χ4n) is 2.47. The summed E-state index contributed by atoms with van der Waals surface area (Å²) in [6.45, 7) is 0. The van der Waals surface area contributed by atoms with Crippen molar-refractivity contribution in [2.24, 2.45) is 4.99 Å². The highest BCUT2D eigenvalue weighted by molar-refractivity contribution is 7.26. The third-order valence-corrected chi connectivity index (χ3v) is 4.56. The van der Waals surface area contributed by atoms with E-state index in [0.717, 1.165) is 10.3 Å². The Labute approximate surface area is 118 Å². The summed E-state index contributed by atoms with van der Waals surface area (Å²) in [7, 11) is 0. The smallest absolute Gasteiger partial charge is 0.0493 e. The summed E-state index contributed by atoms with van der Waals surface area (Å²) in [5.41, 5.74) is 1.70. The van der Waals surface area contributed by atoms with Gasteiger partial charge in [0.25, 0.3) is 0 Å². The van der Waals surface area contributed by atoms with E-state index in [1.54, 1.807) is 23.6 Å². The van der Waals surface area contributed by atoms with Crippen LogP contribution in [0, 0.1) is 0 Å². The van der Waals surface area contributed by atoms with E-state index < -0.39 is 12.8 Å². The van der Waals surface area contributed by atoms with Crippen LogP contribution in [0.25, 0.3) is 20.2 Å². The first-order valence-electron chi connectivity index (χ1n) is 7.40. The van der Waals surface area contributed by atoms with Crippen molar-refractivity contribution >= 4 is 37.2 Å². The molecule has 0 fully saturated rings. The number of allylic oxidation sites excluding steroid dienone is 1. The molecule has 0 bridgehead atoms. The number of hydrogen-bond acceptors (Lipinski definition) is 2. The van der Waals surface area contributed by atoms with Gasteiger partial charge >= 0.3 is 0 Å². The molecule has 1 nitrogen and oxygen atoms in total. The molecule has 1 aliphatic heterocycles. The van der Waals surface area contributed by atoms with Gasteiger partial charge in [0, 0.05) is 40.4 Å². The minimum absolute atomic E-state index is 0.540. The fourth-order valence-corrected chi connectivity index (χ4v) is 3.70. The number of benzene rings is 2. The second-order valence-corrected chi connectivity index (χ2v) is 5.55. The van der Waals surface area contributed by atoms with Crippen molar-refractivity contribution in [3.8, 4) is 0 Å². The average Bonchev–Trinajstić information content (AvgIpc) is 2.89. The molecule has 2 heterocycles. The molecule has 1 aliphatic rings. The molecule has 2 atom stereocenters. The summed E-state index contributed by atoms with van der Waals surface area (Å²) in [6, 6.07) is 14.5. The van der Waals surface area contributed by atoms with E-state index in [1.165, 1.54) is 15.5 Å². The van der Waals surface area contributed by atoms with Crippen molar-refractivity contribution in [3.05, 3.63) is 60.3 Å². The van der Waals surface area contributed by atoms with Gasteiger partial charge in [-0.3, -0.25) is 4.99 Å². The molecule has 0 spiro atoms. The van der Waals surface area contributed by atoms with Gasteiger partial charge in [-0.05, 0) is 18.9 Å². The Balaban J connectivity index is 2.02. The molecule has 0 N–H and O–H groups in total. The lowest BCUT2D eigenvalue weighted by atomic mass is 10.0. The van der Waals surface area contributed by atoms with Gasteiger partial charge in [-0.1, -0.05) is 42.5 Å². The van der Waals surface area contributed by atoms with Crippen LogP contribution >= 0.6 is 11.3 Å². The number of thiophene rings is 1. The third kappa shape index (κ3) is 1.71. The van der Waals surface area contributed by atoms with Crippen LogP contribution in [-0.2, 0) is 0 Å². The molecule has 2 heteroatoms. The first-order valence-corrected chi connectivity index (χ1v) is 7.07. The van der Waals surface area contributed by atoms with Gasteiger partial charge in [0.1, 0.15) is 0 Å². The van der Waals surface area contributed by atoms with E-state index in [9.17, 15) is 0 Å². The molecule has 3 aromatic rings. The monoisotopic (exact) mass is 265 g/mol. The zero-order valence-corrected chi connectivity index (χ0v) is 11.0. The number of nitrogens with zero attached hydrogens (tertiary/aromatic N) is 1. The van der Waals surface area contributed by atoms with Gasteiger partial charge in [-0.2, -0.15) is 0 Å². The van der Waals surface area contributed by atoms with Gasteiger partial charge in [-0.25, -0.2) is 0 Å². The topological polar surface area (TPSA) is 12.4 Å². The maximum absolute atomic E-state index is 8.22. The highest BCUT2D eigenvalue weighted by Gasteiger charge is 2.12. The Morgan fingerprint density at radius 3 is 2.95 bits per heavy atom. The van der Waals surface area contributed by atoms with E-state index in [0.29, 0.717) is 5.71 Å². The van der Waals surface area contributed by atoms with E-state index in [1.807, 2.05) is 18.2 Å². The van der Waals surface area contributed by atoms with E-state index in [-0.39, 0.29) is 0 Å². The Bertz CT molecular complexity index is 894. The first-order chi connectivity index (χ1) is 10.3. The summed E-state index contributed by atoms with van der Waals surface area (Å²) in [4.78, 5) is 4.39. The van der Waals surface area contributed by atoms with Crippen LogP contribution in [0.4, 0.5) is 0 Å². The van der Waals surface area contributed by atoms with Crippen LogP contribution in [0.1, 0.15) is 21.1 Å². The largest absolute Gasteiger partial charge is 0.261 e. The van der Waals surface area contributed by atoms with Gasteiger partial charge in [0.15, 0.2) is 0 Å². The quantitative estimate of drug-likeness (QED) is 0.577. The third-order valence-electron chi connectivity index (χ3n) is 3.35. The number of rotatable bonds is 1. The SMILES string of the molecule is [2H]C1C=CN=C(c2cccc3c2sc2ccccc23)C1[2H]. The van der Waals surface area contributed by atoms with Crippen LogP contribution in [0.3, 0.4) is 0 Å². The van der Waals surface area contributed by atoms with E-state index in [4.69, 9.17) is 2.74 Å². The molecule has 92 valence electrons. The minimum atomic E-state index is -0.620. The zero-order chi connectivity index (χ0) is 14.4. The number of fused-ring (bicyclic) bond motifs is 3. The van der Waals surface area contributed by atoms with Crippen molar-refractivity contribution in [1.29, 1.82) is 0 Å². The molecule has 4 rings (SSSR count). The molecule has 0 saturated heterocycles. The van der Waals surface area contributed by atoms with Gasteiger partial charge in [0.2, 0.25) is 0 Å². The van der Waals surface area contributed by atoms with Crippen molar-refractivity contribution in [1.82, 2.24) is 0 Å². The second kappa shape index (κ2) is 4.32. The second-order valence-electron chi connectivity index (χ2n) is 4.50. The molecule has 19 heavy (non-hydrogen) atoms. The Kier molecular flexibility index (Phi) is 2.06. The van der Waals surface area contributed by atoms with Crippen molar-refractivity contribution in [2.75, 3.05) is 0 Å². The summed E-state index contributed by atoms with van der Waals surface area (Å²) in [6.07, 6.45) is 2.17. The zero-order valence-electron chi connectivity index (χ0n) is 12.2. The molecule has 2 aromatic carbocycles. The van der Waals surface area contributed by atoms with Gasteiger partial charge in [-0.15, -0.1) is 11.3 Å².